The quantitative estimate of drug-likeness (QED) is 0.633. The fraction of sp³-hybridized carbons (Fsp3) is 1.00. The lowest BCUT2D eigenvalue weighted by Crippen LogP contribution is -2.33. The van der Waals surface area contributed by atoms with E-state index in [0.717, 1.165) is 30.0 Å². The Hall–Kier alpha value is -0.130. The fourth-order valence-corrected chi connectivity index (χ4v) is 2.17. The Kier molecular flexibility index (Phi) is 3.49. The first-order valence-electron chi connectivity index (χ1n) is 4.33. The number of rotatable bonds is 1. The smallest absolute Gasteiger partial charge is 0.273 e. The van der Waals surface area contributed by atoms with Crippen LogP contribution in [0.5, 0.6) is 0 Å². The van der Waals surface area contributed by atoms with Gasteiger partial charge in [-0.2, -0.15) is 12.7 Å². The molecule has 0 amide bonds. The third kappa shape index (κ3) is 3.08. The molecule has 72 valence electrons. The molecule has 0 aromatic rings. The Morgan fingerprint density at radius 1 is 0.917 bits per heavy atom. The van der Waals surface area contributed by atoms with Crippen LogP contribution < -0.4 is 0 Å². The van der Waals surface area contributed by atoms with Crippen LogP contribution in [-0.4, -0.2) is 30.4 Å². The average molecular weight is 193 g/mol. The minimum absolute atomic E-state index is 0.471. The van der Waals surface area contributed by atoms with Crippen molar-refractivity contribution in [3.05, 3.63) is 0 Å². The van der Waals surface area contributed by atoms with Crippen LogP contribution in [0.15, 0.2) is 0 Å². The second-order valence-electron chi connectivity index (χ2n) is 3.14. The van der Waals surface area contributed by atoms with Gasteiger partial charge in [0.15, 0.2) is 0 Å². The van der Waals surface area contributed by atoms with Crippen molar-refractivity contribution >= 4 is 10.3 Å². The van der Waals surface area contributed by atoms with Crippen LogP contribution in [0.1, 0.15) is 32.1 Å². The standard InChI is InChI=1S/C7H15NO3S/c9-12(10,11)8-6-4-2-1-3-5-7-8/h1-7H2,(H,9,10,11). The summed E-state index contributed by atoms with van der Waals surface area (Å²) in [6.07, 6.45) is 5.02. The summed E-state index contributed by atoms with van der Waals surface area (Å²) < 4.78 is 31.4. The van der Waals surface area contributed by atoms with Gasteiger partial charge in [-0.1, -0.05) is 19.3 Å². The summed E-state index contributed by atoms with van der Waals surface area (Å²) in [6, 6.07) is 0. The minimum Gasteiger partial charge on any atom is -0.273 e. The van der Waals surface area contributed by atoms with E-state index in [4.69, 9.17) is 4.55 Å². The summed E-state index contributed by atoms with van der Waals surface area (Å²) in [7, 11) is -3.93. The Morgan fingerprint density at radius 2 is 1.33 bits per heavy atom. The van der Waals surface area contributed by atoms with E-state index in [1.165, 1.54) is 6.42 Å². The van der Waals surface area contributed by atoms with Crippen LogP contribution in [0.4, 0.5) is 0 Å². The zero-order valence-corrected chi connectivity index (χ0v) is 7.89. The second-order valence-corrected chi connectivity index (χ2v) is 4.56. The molecule has 1 N–H and O–H groups in total. The molecule has 4 nitrogen and oxygen atoms in total. The highest BCUT2D eigenvalue weighted by Gasteiger charge is 2.18. The predicted molar refractivity (Wildman–Crippen MR) is 46.2 cm³/mol. The van der Waals surface area contributed by atoms with Crippen LogP contribution in [0.2, 0.25) is 0 Å². The van der Waals surface area contributed by atoms with Crippen molar-refractivity contribution in [2.75, 3.05) is 13.1 Å². The minimum atomic E-state index is -3.93. The van der Waals surface area contributed by atoms with Crippen LogP contribution in [-0.2, 0) is 10.3 Å². The van der Waals surface area contributed by atoms with Crippen LogP contribution in [0, 0.1) is 0 Å². The van der Waals surface area contributed by atoms with Crippen molar-refractivity contribution in [1.29, 1.82) is 0 Å². The van der Waals surface area contributed by atoms with Crippen molar-refractivity contribution < 1.29 is 13.0 Å². The van der Waals surface area contributed by atoms with Gasteiger partial charge >= 0.3 is 10.3 Å². The maximum Gasteiger partial charge on any atom is 0.335 e. The van der Waals surface area contributed by atoms with Crippen molar-refractivity contribution in [2.24, 2.45) is 0 Å². The third-order valence-corrected chi connectivity index (χ3v) is 3.16. The zero-order valence-electron chi connectivity index (χ0n) is 7.07. The Labute approximate surface area is 73.4 Å². The molecule has 0 radical (unpaired) electrons. The molecule has 0 bridgehead atoms. The summed E-state index contributed by atoms with van der Waals surface area (Å²) in [6.45, 7) is 0.942. The first kappa shape index (κ1) is 9.95. The van der Waals surface area contributed by atoms with Gasteiger partial charge in [0.25, 0.3) is 0 Å². The molecule has 12 heavy (non-hydrogen) atoms. The number of hydrogen-bond acceptors (Lipinski definition) is 2. The summed E-state index contributed by atoms with van der Waals surface area (Å²) in [5.41, 5.74) is 0. The topological polar surface area (TPSA) is 57.6 Å². The Balaban J connectivity index is 2.51. The molecule has 5 heteroatoms. The summed E-state index contributed by atoms with van der Waals surface area (Å²) >= 11 is 0. The van der Waals surface area contributed by atoms with Crippen molar-refractivity contribution in [3.8, 4) is 0 Å². The van der Waals surface area contributed by atoms with Gasteiger partial charge < -0.3 is 0 Å². The van der Waals surface area contributed by atoms with E-state index in [2.05, 4.69) is 0 Å². The second kappa shape index (κ2) is 4.20. The summed E-state index contributed by atoms with van der Waals surface area (Å²) in [5, 5.41) is 0. The third-order valence-electron chi connectivity index (χ3n) is 2.14. The van der Waals surface area contributed by atoms with Gasteiger partial charge in [-0.15, -0.1) is 0 Å². The highest BCUT2D eigenvalue weighted by molar-refractivity contribution is 7.83. The van der Waals surface area contributed by atoms with E-state index in [1.54, 1.807) is 0 Å². The van der Waals surface area contributed by atoms with Gasteiger partial charge in [0.05, 0.1) is 0 Å². The molecular formula is C7H15NO3S. The predicted octanol–water partition coefficient (Wildman–Crippen LogP) is 1.06. The lowest BCUT2D eigenvalue weighted by molar-refractivity contribution is 0.323. The molecule has 0 aromatic heterocycles. The number of hydrogen-bond donors (Lipinski definition) is 1. The van der Waals surface area contributed by atoms with Gasteiger partial charge in [0.2, 0.25) is 0 Å². The van der Waals surface area contributed by atoms with Gasteiger partial charge in [-0.05, 0) is 12.8 Å². The molecular weight excluding hydrogens is 178 g/mol. The molecule has 1 aliphatic heterocycles. The fourth-order valence-electron chi connectivity index (χ4n) is 1.45. The van der Waals surface area contributed by atoms with E-state index < -0.39 is 10.3 Å². The monoisotopic (exact) mass is 193 g/mol. The molecule has 1 rings (SSSR count). The van der Waals surface area contributed by atoms with E-state index in [9.17, 15) is 8.42 Å². The normalized spacial score (nSPS) is 23.1. The lowest BCUT2D eigenvalue weighted by atomic mass is 10.1. The highest BCUT2D eigenvalue weighted by atomic mass is 32.2. The van der Waals surface area contributed by atoms with E-state index in [1.807, 2.05) is 0 Å². The molecule has 1 aliphatic rings. The van der Waals surface area contributed by atoms with Crippen LogP contribution >= 0.6 is 0 Å². The zero-order chi connectivity index (χ0) is 9.03. The molecule has 1 saturated heterocycles. The molecule has 0 spiro atoms. The molecule has 1 fully saturated rings. The van der Waals surface area contributed by atoms with Gasteiger partial charge in [0, 0.05) is 13.1 Å². The van der Waals surface area contributed by atoms with Gasteiger partial charge in [-0.3, -0.25) is 4.55 Å². The maximum atomic E-state index is 10.7. The van der Waals surface area contributed by atoms with Crippen LogP contribution in [0.25, 0.3) is 0 Å². The molecule has 0 aliphatic carbocycles. The van der Waals surface area contributed by atoms with Gasteiger partial charge in [0.1, 0.15) is 0 Å². The maximum absolute atomic E-state index is 10.7. The first-order valence-corrected chi connectivity index (χ1v) is 5.73. The molecule has 0 aromatic carbocycles. The molecule has 0 unspecified atom stereocenters. The largest absolute Gasteiger partial charge is 0.335 e. The Bertz CT molecular complexity index is 217. The van der Waals surface area contributed by atoms with E-state index >= 15 is 0 Å². The highest BCUT2D eigenvalue weighted by Crippen LogP contribution is 2.12. The summed E-state index contributed by atoms with van der Waals surface area (Å²) in [4.78, 5) is 0. The molecule has 0 saturated carbocycles. The first-order chi connectivity index (χ1) is 5.61. The Morgan fingerprint density at radius 3 is 1.75 bits per heavy atom. The van der Waals surface area contributed by atoms with Crippen molar-refractivity contribution in [2.45, 2.75) is 32.1 Å². The van der Waals surface area contributed by atoms with Crippen LogP contribution in [0.3, 0.4) is 0 Å². The van der Waals surface area contributed by atoms with Gasteiger partial charge in [-0.25, -0.2) is 0 Å². The van der Waals surface area contributed by atoms with Crippen molar-refractivity contribution in [1.82, 2.24) is 4.31 Å². The molecule has 0 atom stereocenters. The van der Waals surface area contributed by atoms with E-state index in [0.29, 0.717) is 13.1 Å². The molecule has 1 heterocycles. The average Bonchev–Trinajstić information content (AvgIpc) is 1.81. The van der Waals surface area contributed by atoms with E-state index in [-0.39, 0.29) is 0 Å². The number of nitrogens with zero attached hydrogens (tertiary/aromatic N) is 1. The lowest BCUT2D eigenvalue weighted by Gasteiger charge is -2.20. The summed E-state index contributed by atoms with van der Waals surface area (Å²) in [5.74, 6) is 0. The SMILES string of the molecule is O=S(=O)(O)N1CCCCCCC1. The van der Waals surface area contributed by atoms with Crippen molar-refractivity contribution in [3.63, 3.8) is 0 Å².